The van der Waals surface area contributed by atoms with Gasteiger partial charge in [0.2, 0.25) is 70.9 Å². The molecule has 0 aromatic carbocycles. The summed E-state index contributed by atoms with van der Waals surface area (Å²) in [5, 5.41) is 39.8. The minimum Gasteiger partial charge on any atom is -0.469 e. The van der Waals surface area contributed by atoms with Crippen LogP contribution in [0.1, 0.15) is 216 Å². The van der Waals surface area contributed by atoms with Crippen LogP contribution >= 0.6 is 0 Å². The number of ketones is 9. The maximum Gasteiger partial charge on any atom is 0.308 e. The molecule has 0 aromatic rings. The number of carbonyl (C=O) groups excluding carboxylic acids is 25. The summed E-state index contributed by atoms with van der Waals surface area (Å²) in [4.78, 5) is 318. The first-order valence-electron chi connectivity index (χ1n) is 42.8. The number of ether oxygens (including phenoxy) is 4. The molecule has 129 heavy (non-hydrogen) atoms. The number of methoxy groups -OCH3 is 1. The second kappa shape index (κ2) is 65.9. The summed E-state index contributed by atoms with van der Waals surface area (Å²) in [5.41, 5.74) is -1.92. The molecule has 0 aliphatic heterocycles. The van der Waals surface area contributed by atoms with Crippen molar-refractivity contribution in [3.63, 3.8) is 0 Å². The highest BCUT2D eigenvalue weighted by Gasteiger charge is 2.27. The number of Topliss-reactive ketones (excluding diaryl/α,β-unsaturated/α-hetero) is 9. The predicted molar refractivity (Wildman–Crippen MR) is 458 cm³/mol. The summed E-state index contributed by atoms with van der Waals surface area (Å²) >= 11 is 0. The Morgan fingerprint density at radius 2 is 0.512 bits per heavy atom. The summed E-state index contributed by atoms with van der Waals surface area (Å²) in [6.07, 6.45) is -6.42. The molecule has 0 saturated carbocycles. The Balaban J connectivity index is 5.79. The molecule has 0 aliphatic rings. The lowest BCUT2D eigenvalue weighted by molar-refractivity contribution is -0.156. The van der Waals surface area contributed by atoms with Crippen molar-refractivity contribution in [2.24, 2.45) is 0 Å². The Morgan fingerprint density at radius 1 is 0.264 bits per heavy atom. The second-order valence-corrected chi connectivity index (χ2v) is 33.2. The number of amides is 12. The van der Waals surface area contributed by atoms with E-state index in [-0.39, 0.29) is 122 Å². The molecule has 45 heteroatoms. The monoisotopic (exact) mass is 1830 g/mol. The van der Waals surface area contributed by atoms with Crippen molar-refractivity contribution in [3.8, 4) is 0 Å². The third-order valence-electron chi connectivity index (χ3n) is 17.5. The number of likely N-dealkylation sites (N-methyl/N-ethyl adjacent to an activating group) is 1. The molecule has 0 aromatic heterocycles. The van der Waals surface area contributed by atoms with Crippen LogP contribution in [0, 0.1) is 0 Å². The van der Waals surface area contributed by atoms with Crippen molar-refractivity contribution < 1.29 is 144 Å². The maximum absolute atomic E-state index is 13.7. The van der Waals surface area contributed by atoms with E-state index in [0.29, 0.717) is 38.9 Å². The number of esters is 4. The first-order valence-corrected chi connectivity index (χ1v) is 42.8. The molecular weight excluding hydrogens is 1700 g/mol. The lowest BCUT2D eigenvalue weighted by Gasteiger charge is -2.22. The minimum atomic E-state index is -1.38. The zero-order valence-electron chi connectivity index (χ0n) is 76.3. The molecule has 13 N–H and O–H groups in total. The molecule has 1 atom stereocenters. The fourth-order valence-corrected chi connectivity index (χ4v) is 10.8. The van der Waals surface area contributed by atoms with Crippen molar-refractivity contribution >= 4 is 147 Å². The number of hydrogen-bond donors (Lipinski definition) is 13. The summed E-state index contributed by atoms with van der Waals surface area (Å²) < 4.78 is 20.1. The van der Waals surface area contributed by atoms with E-state index in [2.05, 4.69) is 68.5 Å². The molecule has 1 unspecified atom stereocenters. The van der Waals surface area contributed by atoms with Gasteiger partial charge in [-0.3, -0.25) is 120 Å². The van der Waals surface area contributed by atoms with Crippen LogP contribution in [-0.2, 0) is 139 Å². The van der Waals surface area contributed by atoms with E-state index in [4.69, 9.17) is 14.2 Å². The summed E-state index contributed by atoms with van der Waals surface area (Å²) in [7, 11) is 2.37. The van der Waals surface area contributed by atoms with Crippen molar-refractivity contribution in [1.82, 2.24) is 78.5 Å². The highest BCUT2D eigenvalue weighted by molar-refractivity contribution is 5.97. The van der Waals surface area contributed by atoms with Crippen LogP contribution in [0.25, 0.3) is 0 Å². The van der Waals surface area contributed by atoms with Crippen LogP contribution in [0.5, 0.6) is 0 Å². The van der Waals surface area contributed by atoms with Gasteiger partial charge in [-0.15, -0.1) is 0 Å². The zero-order valence-corrected chi connectivity index (χ0v) is 76.3. The molecule has 0 heterocycles. The van der Waals surface area contributed by atoms with E-state index < -0.39 is 294 Å². The average molecular weight is 1840 g/mol. The molecule has 0 rings (SSSR count). The highest BCUT2D eigenvalue weighted by atomic mass is 16.6. The molecule has 0 spiro atoms. The van der Waals surface area contributed by atoms with Gasteiger partial charge < -0.3 is 103 Å². The van der Waals surface area contributed by atoms with Gasteiger partial charge in [-0.25, -0.2) is 0 Å². The Bertz CT molecular complexity index is 3830. The van der Waals surface area contributed by atoms with Gasteiger partial charge in [-0.1, -0.05) is 0 Å². The van der Waals surface area contributed by atoms with Crippen LogP contribution < -0.4 is 63.8 Å². The minimum absolute atomic E-state index is 0.111. The van der Waals surface area contributed by atoms with Crippen LogP contribution in [-0.4, -0.2) is 335 Å². The molecule has 0 radical (unpaired) electrons. The number of aliphatic hydroxyl groups excluding tert-OH is 1. The van der Waals surface area contributed by atoms with Gasteiger partial charge in [-0.2, -0.15) is 0 Å². The number of nitrogens with one attached hydrogen (secondary N) is 12. The third kappa shape index (κ3) is 69.2. The van der Waals surface area contributed by atoms with Gasteiger partial charge in [0.05, 0.1) is 118 Å². The van der Waals surface area contributed by atoms with Gasteiger partial charge in [0.25, 0.3) is 0 Å². The second-order valence-electron chi connectivity index (χ2n) is 33.2. The van der Waals surface area contributed by atoms with E-state index in [1.807, 2.05) is 0 Å². The van der Waals surface area contributed by atoms with Crippen LogP contribution in [0.2, 0.25) is 0 Å². The molecule has 0 aliphatic carbocycles. The summed E-state index contributed by atoms with van der Waals surface area (Å²) in [6, 6.07) is 0. The number of carbonyl (C=O) groups is 25. The molecule has 0 bridgehead atoms. The van der Waals surface area contributed by atoms with Crippen molar-refractivity contribution in [1.29, 1.82) is 0 Å². The summed E-state index contributed by atoms with van der Waals surface area (Å²) in [6.45, 7) is 8.93. The molecular formula is C84H135N15O30. The number of hydrogen-bond acceptors (Lipinski definition) is 33. The topological polar surface area (TPSA) is 638 Å². The van der Waals surface area contributed by atoms with E-state index in [1.165, 1.54) is 7.05 Å². The van der Waals surface area contributed by atoms with Crippen molar-refractivity contribution in [2.45, 2.75) is 239 Å². The quantitative estimate of drug-likeness (QED) is 0.0157. The Kier molecular flexibility index (Phi) is 59.9. The predicted octanol–water partition coefficient (Wildman–Crippen LogP) is -4.04. The number of aliphatic hydroxyl groups is 1. The summed E-state index contributed by atoms with van der Waals surface area (Å²) in [5.74, 6) is -15.6. The maximum atomic E-state index is 13.7. The van der Waals surface area contributed by atoms with Gasteiger partial charge in [-0.05, 0) is 114 Å². The Hall–Kier alpha value is -11.6. The molecule has 0 fully saturated rings. The normalized spacial score (nSPS) is 11.3. The highest BCUT2D eigenvalue weighted by Crippen LogP contribution is 2.13. The zero-order chi connectivity index (χ0) is 97.7. The van der Waals surface area contributed by atoms with Crippen LogP contribution in [0.4, 0.5) is 0 Å². The SMILES string of the molecule is COC(=O)CC(O)CC(=O)CNC(=O)CCC(=O)CN(CCCC(=O)CNC(=O)CCC(=O)CN(CCCC(=O)CNC(=O)CCC(=O)CN(C)C(=O)CNC(=O)CCC(=O)CNC(=O)CNCCCC(=O)OC(C)(C)C)C(=O)CNC(=O)CCC(=O)CNC(=O)CNCCCC(=O)OC(C)(C)C)C(=O)CNC(=O)CCC(=O)CNC(=O)CNCCCC(=O)OC(C)(C)C. The fourth-order valence-electron chi connectivity index (χ4n) is 10.8. The molecule has 0 saturated heterocycles. The van der Waals surface area contributed by atoms with Crippen molar-refractivity contribution in [3.05, 3.63) is 0 Å². The first kappa shape index (κ1) is 117. The smallest absolute Gasteiger partial charge is 0.308 e. The van der Waals surface area contributed by atoms with E-state index in [0.717, 1.165) is 21.8 Å². The largest absolute Gasteiger partial charge is 0.469 e. The lowest BCUT2D eigenvalue weighted by atomic mass is 10.1. The van der Waals surface area contributed by atoms with Crippen molar-refractivity contribution in [2.75, 3.05) is 145 Å². The van der Waals surface area contributed by atoms with Gasteiger partial charge in [0, 0.05) is 136 Å². The molecule has 45 nitrogen and oxygen atoms in total. The van der Waals surface area contributed by atoms with E-state index >= 15 is 0 Å². The standard InChI is InChI=1S/C84H135N15O30/c1-82(2,3)127-78(122)19-12-34-85-47-72(116)91-43-58(102)22-28-69(113)94-50-75(119)97(10)53-61(105)25-31-66(110)88-41-56(100)17-15-37-98(76(120)51-95-70(114)29-23-59(103)44-92-73(117)48-86-35-13-20-79(123)128-83(4,5)6)54-62(106)26-32-67(111)89-42-57(101)18-16-38-99(55-63(107)27-33-68(112)90-46-65(109)39-64(108)40-81(125)126-11)77(121)52-96-71(115)30-24-60(104)45-93-74(118)49-87-36-14-21-80(124)129-84(7,8)9/h64,85-87,108H,12-55H2,1-11H3,(H,88,110)(H,89,111)(H,90,112)(H,91,116)(H,92,117)(H,93,118)(H,94,113)(H,95,114)(H,96,115). The Labute approximate surface area is 750 Å². The third-order valence-corrected chi connectivity index (χ3v) is 17.5. The molecule has 12 amide bonds. The fraction of sp³-hybridized carbons (Fsp3) is 0.702. The number of rotatable bonds is 72. The number of nitrogens with zero attached hydrogens (tertiary/aromatic N) is 3. The average Bonchev–Trinajstić information content (AvgIpc) is 0.909. The van der Waals surface area contributed by atoms with E-state index in [1.54, 1.807) is 62.3 Å². The van der Waals surface area contributed by atoms with Gasteiger partial charge in [0.15, 0.2) is 52.0 Å². The van der Waals surface area contributed by atoms with E-state index in [9.17, 15) is 125 Å². The Morgan fingerprint density at radius 3 is 0.798 bits per heavy atom. The lowest BCUT2D eigenvalue weighted by Crippen LogP contribution is -2.43. The van der Waals surface area contributed by atoms with Crippen LogP contribution in [0.15, 0.2) is 0 Å². The first-order chi connectivity index (χ1) is 60.4. The van der Waals surface area contributed by atoms with Crippen LogP contribution in [0.3, 0.4) is 0 Å². The van der Waals surface area contributed by atoms with Gasteiger partial charge >= 0.3 is 23.9 Å². The van der Waals surface area contributed by atoms with Gasteiger partial charge in [0.1, 0.15) is 16.8 Å². The molecule has 726 valence electrons.